The molecule has 2 rings (SSSR count). The lowest BCUT2D eigenvalue weighted by Gasteiger charge is -2.24. The first kappa shape index (κ1) is 17.0. The fourth-order valence-electron chi connectivity index (χ4n) is 2.28. The van der Waals surface area contributed by atoms with Gasteiger partial charge >= 0.3 is 0 Å². The Morgan fingerprint density at radius 2 is 2.21 bits per heavy atom. The van der Waals surface area contributed by atoms with Crippen molar-refractivity contribution in [2.45, 2.75) is 25.8 Å². The van der Waals surface area contributed by atoms with E-state index in [-0.39, 0.29) is 18.3 Å². The molecule has 19 heavy (non-hydrogen) atoms. The van der Waals surface area contributed by atoms with E-state index in [0.717, 1.165) is 29.7 Å². The van der Waals surface area contributed by atoms with Crippen LogP contribution in [0, 0.1) is 5.92 Å². The molecule has 0 radical (unpaired) electrons. The van der Waals surface area contributed by atoms with Crippen LogP contribution >= 0.6 is 39.7 Å². The van der Waals surface area contributed by atoms with E-state index >= 15 is 0 Å². The van der Waals surface area contributed by atoms with Crippen molar-refractivity contribution in [3.63, 3.8) is 0 Å². The third-order valence-corrected chi connectivity index (χ3v) is 4.94. The van der Waals surface area contributed by atoms with Crippen molar-refractivity contribution >= 4 is 45.6 Å². The number of carbonyl (C=O) groups excluding carboxylic acids is 1. The number of thiophene rings is 1. The molecule has 0 aliphatic carbocycles. The number of nitrogens with one attached hydrogen (secondary N) is 1. The van der Waals surface area contributed by atoms with E-state index in [1.54, 1.807) is 11.3 Å². The monoisotopic (exact) mass is 366 g/mol. The standard InChI is InChI=1S/C13H19BrN2OS.ClH/c1-16(8-11-6-12(14)18-9-11)13(17)7-10-2-4-15-5-3-10;/h6,9-10,15H,2-5,7-8H2,1H3;1H. The number of hydrogen-bond acceptors (Lipinski definition) is 3. The molecule has 1 fully saturated rings. The molecule has 0 spiro atoms. The van der Waals surface area contributed by atoms with Crippen LogP contribution in [0.3, 0.4) is 0 Å². The van der Waals surface area contributed by atoms with Crippen molar-refractivity contribution < 1.29 is 4.79 Å². The van der Waals surface area contributed by atoms with E-state index in [9.17, 15) is 4.79 Å². The van der Waals surface area contributed by atoms with Gasteiger partial charge in [0, 0.05) is 20.0 Å². The summed E-state index contributed by atoms with van der Waals surface area (Å²) in [5.41, 5.74) is 1.20. The molecule has 108 valence electrons. The zero-order chi connectivity index (χ0) is 13.0. The maximum Gasteiger partial charge on any atom is 0.222 e. The fraction of sp³-hybridized carbons (Fsp3) is 0.615. The van der Waals surface area contributed by atoms with E-state index in [0.29, 0.717) is 18.9 Å². The largest absolute Gasteiger partial charge is 0.341 e. The van der Waals surface area contributed by atoms with E-state index in [4.69, 9.17) is 0 Å². The second-order valence-electron chi connectivity index (χ2n) is 4.91. The molecule has 6 heteroatoms. The number of piperidine rings is 1. The minimum atomic E-state index is 0. The Labute approximate surface area is 133 Å². The predicted octanol–water partition coefficient (Wildman–Crippen LogP) is 3.28. The second kappa shape index (κ2) is 8.25. The topological polar surface area (TPSA) is 32.3 Å². The van der Waals surface area contributed by atoms with Crippen LogP contribution in [-0.2, 0) is 11.3 Å². The third-order valence-electron chi connectivity index (χ3n) is 3.39. The van der Waals surface area contributed by atoms with Crippen molar-refractivity contribution in [1.29, 1.82) is 0 Å². The molecule has 0 bridgehead atoms. The van der Waals surface area contributed by atoms with Gasteiger partial charge in [0.2, 0.25) is 5.91 Å². The molecule has 1 amide bonds. The van der Waals surface area contributed by atoms with Crippen LogP contribution in [0.2, 0.25) is 0 Å². The number of hydrogen-bond donors (Lipinski definition) is 1. The maximum atomic E-state index is 12.1. The Morgan fingerprint density at radius 1 is 1.53 bits per heavy atom. The lowest BCUT2D eigenvalue weighted by Crippen LogP contribution is -2.33. The molecule has 0 aromatic carbocycles. The molecule has 1 aromatic rings. The SMILES string of the molecule is CN(Cc1csc(Br)c1)C(=O)CC1CCNCC1.Cl. The second-order valence-corrected chi connectivity index (χ2v) is 7.20. The van der Waals surface area contributed by atoms with Gasteiger partial charge in [-0.05, 0) is 64.8 Å². The Morgan fingerprint density at radius 3 is 2.79 bits per heavy atom. The Bertz CT molecular complexity index is 407. The van der Waals surface area contributed by atoms with Gasteiger partial charge in [-0.15, -0.1) is 23.7 Å². The van der Waals surface area contributed by atoms with Crippen molar-refractivity contribution in [2.24, 2.45) is 5.92 Å². The highest BCUT2D eigenvalue weighted by molar-refractivity contribution is 9.11. The third kappa shape index (κ3) is 5.42. The maximum absolute atomic E-state index is 12.1. The molecule has 3 nitrogen and oxygen atoms in total. The van der Waals surface area contributed by atoms with Gasteiger partial charge in [-0.25, -0.2) is 0 Å². The molecule has 1 N–H and O–H groups in total. The highest BCUT2D eigenvalue weighted by Gasteiger charge is 2.19. The Balaban J connectivity index is 0.00000180. The molecule has 1 aliphatic heterocycles. The van der Waals surface area contributed by atoms with Crippen molar-refractivity contribution in [2.75, 3.05) is 20.1 Å². The van der Waals surface area contributed by atoms with Gasteiger partial charge in [0.1, 0.15) is 0 Å². The molecule has 1 aromatic heterocycles. The van der Waals surface area contributed by atoms with Crippen LogP contribution in [0.1, 0.15) is 24.8 Å². The zero-order valence-corrected chi connectivity index (χ0v) is 14.2. The summed E-state index contributed by atoms with van der Waals surface area (Å²) < 4.78 is 1.12. The summed E-state index contributed by atoms with van der Waals surface area (Å²) in [6, 6.07) is 2.08. The minimum absolute atomic E-state index is 0. The zero-order valence-electron chi connectivity index (χ0n) is 11.0. The predicted molar refractivity (Wildman–Crippen MR) is 86.0 cm³/mol. The van der Waals surface area contributed by atoms with Crippen LogP contribution in [0.4, 0.5) is 0 Å². The van der Waals surface area contributed by atoms with Crippen molar-refractivity contribution in [3.05, 3.63) is 20.8 Å². The van der Waals surface area contributed by atoms with Gasteiger partial charge in [0.25, 0.3) is 0 Å². The number of amides is 1. The van der Waals surface area contributed by atoms with E-state index < -0.39 is 0 Å². The van der Waals surface area contributed by atoms with Crippen molar-refractivity contribution in [1.82, 2.24) is 10.2 Å². The lowest BCUT2D eigenvalue weighted by molar-refractivity contribution is -0.131. The van der Waals surface area contributed by atoms with Gasteiger partial charge in [-0.2, -0.15) is 0 Å². The van der Waals surface area contributed by atoms with Gasteiger partial charge < -0.3 is 10.2 Å². The van der Waals surface area contributed by atoms with Crippen LogP contribution in [0.15, 0.2) is 15.2 Å². The van der Waals surface area contributed by atoms with Crippen LogP contribution < -0.4 is 5.32 Å². The fourth-order valence-corrected chi connectivity index (χ4v) is 3.48. The first-order chi connectivity index (χ1) is 8.65. The molecule has 1 saturated heterocycles. The summed E-state index contributed by atoms with van der Waals surface area (Å²) in [6.07, 6.45) is 2.96. The normalized spacial score (nSPS) is 15.9. The first-order valence-corrected chi connectivity index (χ1v) is 8.00. The summed E-state index contributed by atoms with van der Waals surface area (Å²) in [4.78, 5) is 14.0. The highest BCUT2D eigenvalue weighted by Crippen LogP contribution is 2.22. The van der Waals surface area contributed by atoms with Gasteiger partial charge in [-0.3, -0.25) is 4.79 Å². The summed E-state index contributed by atoms with van der Waals surface area (Å²) in [7, 11) is 1.90. The smallest absolute Gasteiger partial charge is 0.222 e. The average molecular weight is 368 g/mol. The summed E-state index contributed by atoms with van der Waals surface area (Å²) in [6.45, 7) is 2.82. The number of nitrogens with zero attached hydrogens (tertiary/aromatic N) is 1. The first-order valence-electron chi connectivity index (χ1n) is 6.32. The molecule has 0 unspecified atom stereocenters. The quantitative estimate of drug-likeness (QED) is 0.885. The Hall–Kier alpha value is -0.100. The van der Waals surface area contributed by atoms with Gasteiger partial charge in [-0.1, -0.05) is 0 Å². The van der Waals surface area contributed by atoms with Crippen LogP contribution in [0.5, 0.6) is 0 Å². The molecule has 0 atom stereocenters. The summed E-state index contributed by atoms with van der Waals surface area (Å²) in [5, 5.41) is 5.43. The number of carbonyl (C=O) groups is 1. The molecule has 0 saturated carbocycles. The van der Waals surface area contributed by atoms with E-state index in [2.05, 4.69) is 32.7 Å². The average Bonchev–Trinajstić information content (AvgIpc) is 2.76. The van der Waals surface area contributed by atoms with E-state index in [1.165, 1.54) is 5.56 Å². The van der Waals surface area contributed by atoms with Crippen molar-refractivity contribution in [3.8, 4) is 0 Å². The molecule has 2 heterocycles. The van der Waals surface area contributed by atoms with Crippen LogP contribution in [-0.4, -0.2) is 30.9 Å². The Kier molecular flexibility index (Phi) is 7.36. The molecular formula is C13H20BrClN2OS. The molecular weight excluding hydrogens is 348 g/mol. The lowest BCUT2D eigenvalue weighted by atomic mass is 9.94. The summed E-state index contributed by atoms with van der Waals surface area (Å²) in [5.74, 6) is 0.833. The number of halogens is 2. The van der Waals surface area contributed by atoms with Crippen LogP contribution in [0.25, 0.3) is 0 Å². The number of rotatable bonds is 4. The van der Waals surface area contributed by atoms with E-state index in [1.807, 2.05) is 11.9 Å². The highest BCUT2D eigenvalue weighted by atomic mass is 79.9. The molecule has 1 aliphatic rings. The minimum Gasteiger partial charge on any atom is -0.341 e. The summed E-state index contributed by atoms with van der Waals surface area (Å²) >= 11 is 5.11. The van der Waals surface area contributed by atoms with Gasteiger partial charge in [0.15, 0.2) is 0 Å². The van der Waals surface area contributed by atoms with Gasteiger partial charge in [0.05, 0.1) is 3.79 Å².